The average Bonchev–Trinajstić information content (AvgIpc) is 2.65. The Morgan fingerprint density at radius 3 is 2.12 bits per heavy atom. The molecule has 0 atom stereocenters. The van der Waals surface area contributed by atoms with Crippen LogP contribution in [0.15, 0.2) is 78.9 Å². The van der Waals surface area contributed by atoms with Crippen molar-refractivity contribution >= 4 is 18.0 Å². The van der Waals surface area contributed by atoms with E-state index in [2.05, 4.69) is 16.9 Å². The summed E-state index contributed by atoms with van der Waals surface area (Å²) < 4.78 is 4.51. The van der Waals surface area contributed by atoms with Crippen LogP contribution in [-0.4, -0.2) is 24.2 Å². The zero-order chi connectivity index (χ0) is 18.3. The van der Waals surface area contributed by atoms with Crippen LogP contribution in [0, 0.1) is 0 Å². The van der Waals surface area contributed by atoms with E-state index in [9.17, 15) is 9.59 Å². The molecule has 25 heavy (non-hydrogen) atoms. The minimum absolute atomic E-state index is 0.200. The van der Waals surface area contributed by atoms with Crippen molar-refractivity contribution in [2.24, 2.45) is 0 Å². The molecule has 0 saturated heterocycles. The van der Waals surface area contributed by atoms with E-state index in [-0.39, 0.29) is 5.97 Å². The monoisotopic (exact) mass is 338 g/mol. The number of hydrogen-bond donors (Lipinski definition) is 1. The Morgan fingerprint density at radius 1 is 0.960 bits per heavy atom. The first-order valence-corrected chi connectivity index (χ1v) is 7.83. The lowest BCUT2D eigenvalue weighted by Gasteiger charge is -1.94. The van der Waals surface area contributed by atoms with Crippen molar-refractivity contribution in [2.75, 3.05) is 7.11 Å². The predicted molar refractivity (Wildman–Crippen MR) is 99.0 cm³/mol. The van der Waals surface area contributed by atoms with E-state index in [0.717, 1.165) is 18.1 Å². The molecular formula is C21H22O4. The van der Waals surface area contributed by atoms with Crippen LogP contribution in [-0.2, 0) is 20.7 Å². The van der Waals surface area contributed by atoms with Gasteiger partial charge in [-0.3, -0.25) is 4.79 Å². The number of hydrogen-bond acceptors (Lipinski definition) is 3. The van der Waals surface area contributed by atoms with E-state index < -0.39 is 5.97 Å². The van der Waals surface area contributed by atoms with Gasteiger partial charge in [0.2, 0.25) is 0 Å². The van der Waals surface area contributed by atoms with Gasteiger partial charge in [-0.15, -0.1) is 0 Å². The number of methoxy groups -OCH3 is 1. The average molecular weight is 338 g/mol. The Labute approximate surface area is 148 Å². The number of esters is 1. The van der Waals surface area contributed by atoms with Gasteiger partial charge in [-0.1, -0.05) is 72.8 Å². The summed E-state index contributed by atoms with van der Waals surface area (Å²) in [6, 6.07) is 19.4. The molecule has 4 heteroatoms. The second-order valence-corrected chi connectivity index (χ2v) is 5.02. The molecule has 0 heterocycles. The molecule has 0 unspecified atom stereocenters. The minimum atomic E-state index is -0.922. The predicted octanol–water partition coefficient (Wildman–Crippen LogP) is 4.13. The van der Waals surface area contributed by atoms with E-state index in [1.807, 2.05) is 60.7 Å². The zero-order valence-electron chi connectivity index (χ0n) is 14.2. The number of ether oxygens (including phenoxy) is 1. The smallest absolute Gasteiger partial charge is 0.328 e. The van der Waals surface area contributed by atoms with Crippen LogP contribution in [0.3, 0.4) is 0 Å². The molecule has 0 amide bonds. The van der Waals surface area contributed by atoms with Crippen LogP contribution in [0.5, 0.6) is 0 Å². The van der Waals surface area contributed by atoms with Crippen molar-refractivity contribution in [3.8, 4) is 0 Å². The molecule has 2 rings (SSSR count). The summed E-state index contributed by atoms with van der Waals surface area (Å²) >= 11 is 0. The number of aliphatic carboxylic acids is 1. The third-order valence-corrected chi connectivity index (χ3v) is 3.09. The Hall–Kier alpha value is -3.14. The lowest BCUT2D eigenvalue weighted by Crippen LogP contribution is -1.96. The highest BCUT2D eigenvalue weighted by Gasteiger charge is 1.93. The summed E-state index contributed by atoms with van der Waals surface area (Å²) in [5.74, 6) is -1.12. The van der Waals surface area contributed by atoms with E-state index in [1.54, 1.807) is 6.08 Å². The summed E-state index contributed by atoms with van der Waals surface area (Å²) in [5.41, 5.74) is 2.14. The number of benzene rings is 2. The third kappa shape index (κ3) is 10.3. The molecule has 0 radical (unpaired) electrons. The Balaban J connectivity index is 0.000000257. The van der Waals surface area contributed by atoms with Crippen molar-refractivity contribution in [3.63, 3.8) is 0 Å². The van der Waals surface area contributed by atoms with Gasteiger partial charge >= 0.3 is 11.9 Å². The van der Waals surface area contributed by atoms with E-state index in [0.29, 0.717) is 6.42 Å². The minimum Gasteiger partial charge on any atom is -0.478 e. The molecule has 0 aromatic heterocycles. The van der Waals surface area contributed by atoms with Gasteiger partial charge in [0, 0.05) is 6.08 Å². The molecule has 1 N–H and O–H groups in total. The number of carboxylic acid groups (broad SMARTS) is 1. The molecule has 2 aromatic carbocycles. The van der Waals surface area contributed by atoms with Crippen molar-refractivity contribution in [3.05, 3.63) is 90.0 Å². The summed E-state index contributed by atoms with van der Waals surface area (Å²) in [6.45, 7) is 0. The maximum Gasteiger partial charge on any atom is 0.328 e. The van der Waals surface area contributed by atoms with Crippen LogP contribution in [0.2, 0.25) is 0 Å². The second kappa shape index (κ2) is 12.3. The number of carbonyl (C=O) groups is 2. The fourth-order valence-electron chi connectivity index (χ4n) is 1.83. The normalized spacial score (nSPS) is 10.3. The molecule has 0 fully saturated rings. The van der Waals surface area contributed by atoms with Gasteiger partial charge in [0.25, 0.3) is 0 Å². The molecule has 0 aliphatic rings. The summed E-state index contributed by atoms with van der Waals surface area (Å²) in [5, 5.41) is 8.29. The van der Waals surface area contributed by atoms with E-state index >= 15 is 0 Å². The van der Waals surface area contributed by atoms with E-state index in [1.165, 1.54) is 12.7 Å². The molecule has 0 spiro atoms. The maximum atomic E-state index is 10.7. The zero-order valence-corrected chi connectivity index (χ0v) is 14.2. The first-order valence-electron chi connectivity index (χ1n) is 7.83. The number of rotatable bonds is 6. The number of carboxylic acids is 1. The summed E-state index contributed by atoms with van der Waals surface area (Å²) in [7, 11) is 1.40. The first-order chi connectivity index (χ1) is 12.1. The first kappa shape index (κ1) is 19.9. The standard InChI is InChI=1S/C12H14O2.C9H8O2/c1-14-12(13)10-6-5-9-11-7-3-2-4-8-11;10-9(11)7-6-8-4-2-1-3-5-8/h2-8H,9-10H2,1H3;1-7H,(H,10,11)/b6-5+;7-6+. The molecular weight excluding hydrogens is 316 g/mol. The number of allylic oxidation sites excluding steroid dienone is 1. The highest BCUT2D eigenvalue weighted by molar-refractivity contribution is 5.85. The van der Waals surface area contributed by atoms with Crippen molar-refractivity contribution in [2.45, 2.75) is 12.8 Å². The largest absolute Gasteiger partial charge is 0.478 e. The highest BCUT2D eigenvalue weighted by Crippen LogP contribution is 2.01. The molecule has 0 bridgehead atoms. The Kier molecular flexibility index (Phi) is 9.80. The third-order valence-electron chi connectivity index (χ3n) is 3.09. The van der Waals surface area contributed by atoms with Crippen LogP contribution >= 0.6 is 0 Å². The van der Waals surface area contributed by atoms with Gasteiger partial charge < -0.3 is 9.84 Å². The molecule has 0 aliphatic carbocycles. The van der Waals surface area contributed by atoms with Crippen molar-refractivity contribution < 1.29 is 19.4 Å². The van der Waals surface area contributed by atoms with Gasteiger partial charge in [-0.05, 0) is 23.6 Å². The van der Waals surface area contributed by atoms with Crippen LogP contribution in [0.1, 0.15) is 17.5 Å². The van der Waals surface area contributed by atoms with Crippen LogP contribution < -0.4 is 0 Å². The highest BCUT2D eigenvalue weighted by atomic mass is 16.5. The fourth-order valence-corrected chi connectivity index (χ4v) is 1.83. The number of carbonyl (C=O) groups excluding carboxylic acids is 1. The lowest BCUT2D eigenvalue weighted by atomic mass is 10.1. The topological polar surface area (TPSA) is 63.6 Å². The Bertz CT molecular complexity index is 688. The molecule has 130 valence electrons. The van der Waals surface area contributed by atoms with Crippen LogP contribution in [0.4, 0.5) is 0 Å². The second-order valence-electron chi connectivity index (χ2n) is 5.02. The Morgan fingerprint density at radius 2 is 1.56 bits per heavy atom. The van der Waals surface area contributed by atoms with Gasteiger partial charge in [0.05, 0.1) is 13.5 Å². The lowest BCUT2D eigenvalue weighted by molar-refractivity contribution is -0.139. The molecule has 0 saturated carbocycles. The van der Waals surface area contributed by atoms with Crippen molar-refractivity contribution in [1.82, 2.24) is 0 Å². The molecule has 4 nitrogen and oxygen atoms in total. The SMILES string of the molecule is COC(=O)C/C=C/Cc1ccccc1.O=C(O)/C=C/c1ccccc1. The molecule has 2 aromatic rings. The van der Waals surface area contributed by atoms with Gasteiger partial charge in [0.15, 0.2) is 0 Å². The van der Waals surface area contributed by atoms with Gasteiger partial charge in [-0.2, -0.15) is 0 Å². The van der Waals surface area contributed by atoms with Gasteiger partial charge in [-0.25, -0.2) is 4.79 Å². The van der Waals surface area contributed by atoms with Crippen LogP contribution in [0.25, 0.3) is 6.08 Å². The fraction of sp³-hybridized carbons (Fsp3) is 0.143. The quantitative estimate of drug-likeness (QED) is 0.488. The van der Waals surface area contributed by atoms with Crippen molar-refractivity contribution in [1.29, 1.82) is 0 Å². The summed E-state index contributed by atoms with van der Waals surface area (Å²) in [4.78, 5) is 20.8. The summed E-state index contributed by atoms with van der Waals surface area (Å²) in [6.07, 6.45) is 7.70. The van der Waals surface area contributed by atoms with E-state index in [4.69, 9.17) is 5.11 Å². The van der Waals surface area contributed by atoms with Gasteiger partial charge in [0.1, 0.15) is 0 Å². The molecule has 0 aliphatic heterocycles. The maximum absolute atomic E-state index is 10.7.